The van der Waals surface area contributed by atoms with Crippen molar-refractivity contribution in [3.05, 3.63) is 12.2 Å². The highest BCUT2D eigenvalue weighted by Gasteiger charge is 2.19. The van der Waals surface area contributed by atoms with Crippen LogP contribution in [0, 0.1) is 11.8 Å². The third-order valence-corrected chi connectivity index (χ3v) is 6.34. The second-order valence-electron chi connectivity index (χ2n) is 10.0. The summed E-state index contributed by atoms with van der Waals surface area (Å²) in [6.07, 6.45) is 15.1. The number of rotatable bonds is 23. The van der Waals surface area contributed by atoms with Gasteiger partial charge in [-0.05, 0) is 57.9 Å². The van der Waals surface area contributed by atoms with Gasteiger partial charge in [0.05, 0.1) is 13.2 Å². The number of nitrogens with zero attached hydrogens (tertiary/aromatic N) is 1. The van der Waals surface area contributed by atoms with E-state index in [4.69, 9.17) is 4.74 Å². The Morgan fingerprint density at radius 3 is 2.15 bits per heavy atom. The quantitative estimate of drug-likeness (QED) is 0.0757. The molecule has 0 spiro atoms. The van der Waals surface area contributed by atoms with Crippen molar-refractivity contribution in [1.29, 1.82) is 0 Å². The lowest BCUT2D eigenvalue weighted by atomic mass is 9.99. The topological polar surface area (TPSA) is 126 Å². The van der Waals surface area contributed by atoms with Crippen LogP contribution in [0.4, 0.5) is 0 Å². The first-order valence-electron chi connectivity index (χ1n) is 14.3. The molecule has 0 aliphatic rings. The van der Waals surface area contributed by atoms with E-state index in [0.717, 1.165) is 37.2 Å². The van der Waals surface area contributed by atoms with Gasteiger partial charge in [0.2, 0.25) is 18.2 Å². The molecule has 3 unspecified atom stereocenters. The fourth-order valence-electron chi connectivity index (χ4n) is 3.92. The Balaban J connectivity index is 0. The van der Waals surface area contributed by atoms with Gasteiger partial charge in [-0.2, -0.15) is 0 Å². The van der Waals surface area contributed by atoms with Crippen molar-refractivity contribution < 1.29 is 28.8 Å². The second-order valence-corrected chi connectivity index (χ2v) is 10.0. The Hall–Kier alpha value is -2.46. The zero-order valence-electron chi connectivity index (χ0n) is 25.5. The molecule has 0 aromatic heterocycles. The summed E-state index contributed by atoms with van der Waals surface area (Å²) in [7, 11) is 6.38. The molecule has 0 aromatic rings. The van der Waals surface area contributed by atoms with Crippen LogP contribution in [-0.2, 0) is 28.8 Å². The Kier molecular flexibility index (Phi) is 26.9. The van der Waals surface area contributed by atoms with E-state index in [2.05, 4.69) is 47.6 Å². The molecule has 3 atom stereocenters. The lowest BCUT2D eigenvalue weighted by Crippen LogP contribution is -2.44. The standard InChI is InChI=1S/C26H49N3O4.C3H7NO2/c1-6-7-8-9-12-15-23(33-20-30)16-13-10-11-14-22(25(31)28-5)17-18-29-26(32)24(27-4)19-21(2)3;1-4(3-5)6-2/h10-11,20-24,27H,6-9,12-19H2,1-5H3,(H,28,31)(H,29,32);3H,1-2H3/b11-10+;. The molecule has 0 saturated heterocycles. The summed E-state index contributed by atoms with van der Waals surface area (Å²) in [6.45, 7) is 7.39. The minimum atomic E-state index is -0.212. The van der Waals surface area contributed by atoms with Crippen LogP contribution >= 0.6 is 0 Å². The zero-order chi connectivity index (χ0) is 29.9. The van der Waals surface area contributed by atoms with Crippen LogP contribution in [-0.4, -0.2) is 76.7 Å². The van der Waals surface area contributed by atoms with Crippen molar-refractivity contribution in [3.8, 4) is 0 Å². The first-order valence-corrected chi connectivity index (χ1v) is 14.3. The third-order valence-electron chi connectivity index (χ3n) is 6.34. The van der Waals surface area contributed by atoms with E-state index < -0.39 is 0 Å². The molecule has 0 heterocycles. The van der Waals surface area contributed by atoms with Gasteiger partial charge in [-0.3, -0.25) is 24.0 Å². The first kappa shape index (κ1) is 38.7. The normalized spacial score (nSPS) is 13.1. The number of hydroxylamine groups is 2. The van der Waals surface area contributed by atoms with Gasteiger partial charge in [0.1, 0.15) is 6.10 Å². The molecule has 228 valence electrons. The number of hydrogen-bond donors (Lipinski definition) is 3. The lowest BCUT2D eigenvalue weighted by Gasteiger charge is -2.19. The van der Waals surface area contributed by atoms with Crippen molar-refractivity contribution in [1.82, 2.24) is 21.0 Å². The molecule has 0 aliphatic carbocycles. The van der Waals surface area contributed by atoms with E-state index in [0.29, 0.717) is 38.2 Å². The van der Waals surface area contributed by atoms with Crippen molar-refractivity contribution >= 4 is 24.7 Å². The van der Waals surface area contributed by atoms with Crippen LogP contribution in [0.3, 0.4) is 0 Å². The number of amides is 3. The second kappa shape index (κ2) is 27.1. The number of unbranched alkanes of at least 4 members (excludes halogenated alkanes) is 4. The van der Waals surface area contributed by atoms with Crippen molar-refractivity contribution in [2.45, 2.75) is 104 Å². The monoisotopic (exact) mass is 556 g/mol. The van der Waals surface area contributed by atoms with Crippen molar-refractivity contribution in [2.75, 3.05) is 34.8 Å². The predicted octanol–water partition coefficient (Wildman–Crippen LogP) is 3.75. The van der Waals surface area contributed by atoms with E-state index >= 15 is 0 Å². The number of likely N-dealkylation sites (N-methyl/N-ethyl adjacent to an activating group) is 1. The maximum Gasteiger partial charge on any atom is 0.293 e. The minimum absolute atomic E-state index is 0.0181. The van der Waals surface area contributed by atoms with Crippen molar-refractivity contribution in [3.63, 3.8) is 0 Å². The summed E-state index contributed by atoms with van der Waals surface area (Å²) in [5.74, 6) is 0.198. The largest absolute Gasteiger partial charge is 0.465 e. The van der Waals surface area contributed by atoms with Crippen LogP contribution in [0.5, 0.6) is 0 Å². The molecule has 0 bridgehead atoms. The molecular formula is C29H56N4O6. The molecule has 3 amide bonds. The van der Waals surface area contributed by atoms with Gasteiger partial charge in [0.15, 0.2) is 0 Å². The Morgan fingerprint density at radius 2 is 1.64 bits per heavy atom. The van der Waals surface area contributed by atoms with E-state index in [9.17, 15) is 19.2 Å². The average molecular weight is 557 g/mol. The Bertz CT molecular complexity index is 660. The van der Waals surface area contributed by atoms with E-state index in [1.54, 1.807) is 14.1 Å². The number of hydrogen-bond acceptors (Lipinski definition) is 7. The van der Waals surface area contributed by atoms with Crippen LogP contribution in [0.1, 0.15) is 91.4 Å². The molecule has 10 heteroatoms. The van der Waals surface area contributed by atoms with Crippen LogP contribution in [0.25, 0.3) is 0 Å². The number of allylic oxidation sites excluding steroid dienone is 2. The molecule has 0 radical (unpaired) electrons. The third kappa shape index (κ3) is 23.2. The predicted molar refractivity (Wildman–Crippen MR) is 156 cm³/mol. The first-order chi connectivity index (χ1) is 18.7. The highest BCUT2D eigenvalue weighted by Crippen LogP contribution is 2.15. The molecule has 3 N–H and O–H groups in total. The van der Waals surface area contributed by atoms with Gasteiger partial charge in [-0.25, -0.2) is 5.06 Å². The SMILES string of the molecule is CCCCCCCC(CC/C=C/CC(CCNC(=O)C(CC(C)C)NC)C(=O)NC)OC=O.CON(C)C=O. The van der Waals surface area contributed by atoms with Gasteiger partial charge < -0.3 is 20.7 Å². The summed E-state index contributed by atoms with van der Waals surface area (Å²) in [5.41, 5.74) is 0. The molecular weight excluding hydrogens is 500 g/mol. The highest BCUT2D eigenvalue weighted by molar-refractivity contribution is 5.82. The maximum absolute atomic E-state index is 12.3. The van der Waals surface area contributed by atoms with Gasteiger partial charge in [0.25, 0.3) is 6.47 Å². The van der Waals surface area contributed by atoms with Gasteiger partial charge >= 0.3 is 0 Å². The molecule has 39 heavy (non-hydrogen) atoms. The smallest absolute Gasteiger partial charge is 0.293 e. The fourth-order valence-corrected chi connectivity index (χ4v) is 3.92. The summed E-state index contributed by atoms with van der Waals surface area (Å²) in [6, 6.07) is -0.212. The van der Waals surface area contributed by atoms with Gasteiger partial charge in [0, 0.05) is 26.6 Å². The lowest BCUT2D eigenvalue weighted by molar-refractivity contribution is -0.153. The molecule has 0 aromatic carbocycles. The van der Waals surface area contributed by atoms with E-state index in [1.807, 2.05) is 6.08 Å². The number of carbonyl (C=O) groups excluding carboxylic acids is 4. The molecule has 10 nitrogen and oxygen atoms in total. The van der Waals surface area contributed by atoms with Crippen molar-refractivity contribution in [2.24, 2.45) is 11.8 Å². The number of carbonyl (C=O) groups is 4. The average Bonchev–Trinajstić information content (AvgIpc) is 2.93. The Labute approximate surface area is 237 Å². The van der Waals surface area contributed by atoms with Crippen LogP contribution < -0.4 is 16.0 Å². The van der Waals surface area contributed by atoms with E-state index in [1.165, 1.54) is 39.8 Å². The van der Waals surface area contributed by atoms with Gasteiger partial charge in [-0.1, -0.05) is 58.6 Å². The zero-order valence-corrected chi connectivity index (χ0v) is 25.5. The molecule has 0 rings (SSSR count). The molecule has 0 fully saturated rings. The maximum atomic E-state index is 12.3. The van der Waals surface area contributed by atoms with Crippen LogP contribution in [0.2, 0.25) is 0 Å². The fraction of sp³-hybridized carbons (Fsp3) is 0.793. The minimum Gasteiger partial charge on any atom is -0.465 e. The summed E-state index contributed by atoms with van der Waals surface area (Å²) in [4.78, 5) is 49.3. The summed E-state index contributed by atoms with van der Waals surface area (Å²) >= 11 is 0. The highest BCUT2D eigenvalue weighted by atomic mass is 16.7. The number of nitrogens with one attached hydrogen (secondary N) is 3. The summed E-state index contributed by atoms with van der Waals surface area (Å²) in [5, 5.41) is 9.80. The molecule has 0 aliphatic heterocycles. The molecule has 0 saturated carbocycles. The summed E-state index contributed by atoms with van der Waals surface area (Å²) < 4.78 is 5.24. The van der Waals surface area contributed by atoms with Crippen LogP contribution in [0.15, 0.2) is 12.2 Å². The number of ether oxygens (including phenoxy) is 1. The van der Waals surface area contributed by atoms with Gasteiger partial charge in [-0.15, -0.1) is 0 Å². The Morgan fingerprint density at radius 1 is 0.949 bits per heavy atom. The van der Waals surface area contributed by atoms with E-state index in [-0.39, 0.29) is 29.9 Å².